The fourth-order valence-electron chi connectivity index (χ4n) is 2.20. The van der Waals surface area contributed by atoms with Gasteiger partial charge in [-0.15, -0.1) is 12.4 Å². The molecule has 0 saturated heterocycles. The van der Waals surface area contributed by atoms with Crippen LogP contribution in [0.25, 0.3) is 0 Å². The summed E-state index contributed by atoms with van der Waals surface area (Å²) >= 11 is 0. The van der Waals surface area contributed by atoms with Gasteiger partial charge in [0, 0.05) is 39.3 Å². The van der Waals surface area contributed by atoms with E-state index in [-0.39, 0.29) is 49.8 Å². The van der Waals surface area contributed by atoms with Gasteiger partial charge in [0.25, 0.3) is 0 Å². The summed E-state index contributed by atoms with van der Waals surface area (Å²) in [5, 5.41) is 8.42. The molecular weight excluding hydrogens is 398 g/mol. The number of hydrogen-bond donors (Lipinski definition) is 3. The lowest BCUT2D eigenvalue weighted by Crippen LogP contribution is -2.48. The second kappa shape index (κ2) is 17.4. The predicted molar refractivity (Wildman–Crippen MR) is 118 cm³/mol. The Kier molecular flexibility index (Phi) is 17.8. The zero-order valence-corrected chi connectivity index (χ0v) is 19.6. The second-order valence-electron chi connectivity index (χ2n) is 7.60. The van der Waals surface area contributed by atoms with Gasteiger partial charge in [0.05, 0.1) is 19.6 Å². The summed E-state index contributed by atoms with van der Waals surface area (Å²) in [6.07, 6.45) is 0. The van der Waals surface area contributed by atoms with Crippen molar-refractivity contribution >= 4 is 30.1 Å². The molecule has 0 aromatic rings. The summed E-state index contributed by atoms with van der Waals surface area (Å²) in [6, 6.07) is 0. The number of nitrogens with zero attached hydrogens (tertiary/aromatic N) is 4. The summed E-state index contributed by atoms with van der Waals surface area (Å²) < 4.78 is 0. The van der Waals surface area contributed by atoms with E-state index in [0.29, 0.717) is 19.6 Å². The third-order valence-electron chi connectivity index (χ3n) is 3.75. The molecule has 0 bridgehead atoms. The third kappa shape index (κ3) is 19.6. The highest BCUT2D eigenvalue weighted by Crippen LogP contribution is 1.90. The molecule has 0 aromatic heterocycles. The summed E-state index contributed by atoms with van der Waals surface area (Å²) in [4.78, 5) is 43.9. The zero-order valence-electron chi connectivity index (χ0n) is 18.8. The standard InChI is InChI=1S/C18H39N7O3.ClH/c1-22(2)10-7-19-16(26)13-25(14-17(27)20-8-11-23(3)4)15-18(28)21-9-12-24(5)6;/h7-15H2,1-6H3,(H,19,26)(H,20,27)(H,21,28);1H. The van der Waals surface area contributed by atoms with Crippen molar-refractivity contribution < 1.29 is 14.4 Å². The number of amides is 3. The molecule has 10 nitrogen and oxygen atoms in total. The highest BCUT2D eigenvalue weighted by molar-refractivity contribution is 5.85. The van der Waals surface area contributed by atoms with E-state index in [1.54, 1.807) is 4.90 Å². The maximum absolute atomic E-state index is 12.2. The van der Waals surface area contributed by atoms with Gasteiger partial charge in [0.15, 0.2) is 0 Å². The van der Waals surface area contributed by atoms with Gasteiger partial charge in [0.2, 0.25) is 17.7 Å². The Hall–Kier alpha value is -1.46. The van der Waals surface area contributed by atoms with Crippen LogP contribution in [-0.2, 0) is 14.4 Å². The number of rotatable bonds is 15. The van der Waals surface area contributed by atoms with Crippen LogP contribution in [0.4, 0.5) is 0 Å². The SMILES string of the molecule is CN(C)CCNC(=O)CN(CC(=O)NCCN(C)C)CC(=O)NCCN(C)C.Cl. The molecule has 0 aromatic carbocycles. The monoisotopic (exact) mass is 437 g/mol. The molecule has 0 unspecified atom stereocenters. The maximum Gasteiger partial charge on any atom is 0.234 e. The number of halogens is 1. The van der Waals surface area contributed by atoms with Crippen LogP contribution >= 0.6 is 12.4 Å². The van der Waals surface area contributed by atoms with Gasteiger partial charge in [0.1, 0.15) is 0 Å². The molecule has 0 aliphatic heterocycles. The molecule has 0 spiro atoms. The van der Waals surface area contributed by atoms with E-state index in [2.05, 4.69) is 16.0 Å². The number of carbonyl (C=O) groups excluding carboxylic acids is 3. The van der Waals surface area contributed by atoms with E-state index < -0.39 is 0 Å². The largest absolute Gasteiger partial charge is 0.354 e. The topological polar surface area (TPSA) is 100 Å². The van der Waals surface area contributed by atoms with E-state index in [0.717, 1.165) is 19.6 Å². The molecule has 3 N–H and O–H groups in total. The van der Waals surface area contributed by atoms with E-state index in [1.807, 2.05) is 57.0 Å². The first-order valence-corrected chi connectivity index (χ1v) is 9.56. The van der Waals surface area contributed by atoms with Crippen molar-refractivity contribution in [3.05, 3.63) is 0 Å². The number of likely N-dealkylation sites (N-methyl/N-ethyl adjacent to an activating group) is 3. The van der Waals surface area contributed by atoms with E-state index in [4.69, 9.17) is 0 Å². The van der Waals surface area contributed by atoms with Crippen LogP contribution in [0.5, 0.6) is 0 Å². The molecule has 29 heavy (non-hydrogen) atoms. The van der Waals surface area contributed by atoms with Crippen molar-refractivity contribution in [2.24, 2.45) is 0 Å². The summed E-state index contributed by atoms with van der Waals surface area (Å²) in [5.41, 5.74) is 0. The highest BCUT2D eigenvalue weighted by Gasteiger charge is 2.17. The fourth-order valence-corrected chi connectivity index (χ4v) is 2.20. The smallest absolute Gasteiger partial charge is 0.234 e. The normalized spacial score (nSPS) is 11.0. The Bertz CT molecular complexity index is 410. The van der Waals surface area contributed by atoms with E-state index in [9.17, 15) is 14.4 Å². The molecule has 172 valence electrons. The molecule has 11 heteroatoms. The summed E-state index contributed by atoms with van der Waals surface area (Å²) in [5.74, 6) is -0.614. The lowest BCUT2D eigenvalue weighted by Gasteiger charge is -2.22. The van der Waals surface area contributed by atoms with Gasteiger partial charge in [-0.3, -0.25) is 19.3 Å². The van der Waals surface area contributed by atoms with Gasteiger partial charge in [-0.1, -0.05) is 0 Å². The van der Waals surface area contributed by atoms with Crippen molar-refractivity contribution in [3.8, 4) is 0 Å². The number of hydrogen-bond acceptors (Lipinski definition) is 7. The minimum atomic E-state index is -0.205. The van der Waals surface area contributed by atoms with Crippen molar-refractivity contribution in [3.63, 3.8) is 0 Å². The molecule has 3 amide bonds. The predicted octanol–water partition coefficient (Wildman–Crippen LogP) is -2.26. The van der Waals surface area contributed by atoms with Crippen molar-refractivity contribution in [1.82, 2.24) is 35.6 Å². The van der Waals surface area contributed by atoms with Crippen molar-refractivity contribution in [2.75, 3.05) is 101 Å². The van der Waals surface area contributed by atoms with Gasteiger partial charge >= 0.3 is 0 Å². The van der Waals surface area contributed by atoms with Crippen LogP contribution in [0, 0.1) is 0 Å². The lowest BCUT2D eigenvalue weighted by atomic mass is 10.3. The first-order chi connectivity index (χ1) is 13.1. The van der Waals surface area contributed by atoms with Crippen LogP contribution in [-0.4, -0.2) is 139 Å². The molecular formula is C18H40ClN7O3. The Morgan fingerprint density at radius 3 is 1.00 bits per heavy atom. The zero-order chi connectivity index (χ0) is 21.5. The van der Waals surface area contributed by atoms with E-state index >= 15 is 0 Å². The highest BCUT2D eigenvalue weighted by atomic mass is 35.5. The Balaban J connectivity index is 0. The number of nitrogens with one attached hydrogen (secondary N) is 3. The minimum Gasteiger partial charge on any atom is -0.354 e. The average molecular weight is 438 g/mol. The van der Waals surface area contributed by atoms with Gasteiger partial charge in [-0.2, -0.15) is 0 Å². The molecule has 0 heterocycles. The molecule has 0 aliphatic rings. The van der Waals surface area contributed by atoms with Crippen LogP contribution in [0.15, 0.2) is 0 Å². The van der Waals surface area contributed by atoms with Crippen LogP contribution in [0.2, 0.25) is 0 Å². The Morgan fingerprint density at radius 2 is 0.793 bits per heavy atom. The average Bonchev–Trinajstić information content (AvgIpc) is 2.53. The first-order valence-electron chi connectivity index (χ1n) is 9.56. The second-order valence-corrected chi connectivity index (χ2v) is 7.60. The number of carbonyl (C=O) groups is 3. The molecule has 0 fully saturated rings. The Morgan fingerprint density at radius 1 is 0.552 bits per heavy atom. The molecule has 0 atom stereocenters. The van der Waals surface area contributed by atoms with Gasteiger partial charge in [-0.25, -0.2) is 0 Å². The first kappa shape index (κ1) is 29.7. The van der Waals surface area contributed by atoms with Crippen LogP contribution < -0.4 is 16.0 Å². The minimum absolute atomic E-state index is 0. The molecule has 0 aliphatic carbocycles. The van der Waals surface area contributed by atoms with Crippen LogP contribution in [0.3, 0.4) is 0 Å². The summed E-state index contributed by atoms with van der Waals surface area (Å²) in [6.45, 7) is 3.71. The Labute approximate surface area is 181 Å². The van der Waals surface area contributed by atoms with Gasteiger partial charge < -0.3 is 30.7 Å². The quantitative estimate of drug-likeness (QED) is 0.266. The van der Waals surface area contributed by atoms with E-state index in [1.165, 1.54) is 0 Å². The molecule has 0 rings (SSSR count). The molecule has 0 radical (unpaired) electrons. The van der Waals surface area contributed by atoms with Crippen molar-refractivity contribution in [1.29, 1.82) is 0 Å². The fraction of sp³-hybridized carbons (Fsp3) is 0.833. The molecule has 0 saturated carbocycles. The lowest BCUT2D eigenvalue weighted by molar-refractivity contribution is -0.127. The third-order valence-corrected chi connectivity index (χ3v) is 3.75. The summed E-state index contributed by atoms with van der Waals surface area (Å²) in [7, 11) is 11.6. The maximum atomic E-state index is 12.2. The van der Waals surface area contributed by atoms with Crippen LogP contribution in [0.1, 0.15) is 0 Å². The van der Waals surface area contributed by atoms with Crippen molar-refractivity contribution in [2.45, 2.75) is 0 Å². The van der Waals surface area contributed by atoms with Gasteiger partial charge in [-0.05, 0) is 42.3 Å².